The van der Waals surface area contributed by atoms with Gasteiger partial charge in [0, 0.05) is 32.0 Å². The summed E-state index contributed by atoms with van der Waals surface area (Å²) >= 11 is 0. The lowest BCUT2D eigenvalue weighted by atomic mass is 10.3. The maximum Gasteiger partial charge on any atom is 0.272 e. The van der Waals surface area contributed by atoms with Gasteiger partial charge < -0.3 is 10.2 Å². The second-order valence-electron chi connectivity index (χ2n) is 4.59. The molecule has 1 aliphatic rings. The van der Waals surface area contributed by atoms with Crippen molar-refractivity contribution in [1.82, 2.24) is 9.88 Å². The van der Waals surface area contributed by atoms with Crippen LogP contribution in [0.15, 0.2) is 18.3 Å². The third-order valence-electron chi connectivity index (χ3n) is 2.85. The number of carbonyl (C=O) groups is 1. The molecule has 2 rings (SSSR count). The molecular formula is C12H17N3O. The first-order chi connectivity index (χ1) is 7.58. The molecule has 0 radical (unpaired) electrons. The number of nitrogens with zero attached hydrogens (tertiary/aromatic N) is 2. The topological polar surface area (TPSA) is 45.2 Å². The minimum absolute atomic E-state index is 0.0625. The van der Waals surface area contributed by atoms with Crippen LogP contribution in [0.5, 0.6) is 0 Å². The van der Waals surface area contributed by atoms with E-state index in [1.54, 1.807) is 20.3 Å². The van der Waals surface area contributed by atoms with Crippen LogP contribution in [0.3, 0.4) is 0 Å². The maximum absolute atomic E-state index is 11.7. The van der Waals surface area contributed by atoms with Gasteiger partial charge in [0.1, 0.15) is 5.69 Å². The van der Waals surface area contributed by atoms with E-state index < -0.39 is 0 Å². The van der Waals surface area contributed by atoms with E-state index >= 15 is 0 Å². The number of amides is 1. The third-order valence-corrected chi connectivity index (χ3v) is 2.85. The lowest BCUT2D eigenvalue weighted by Gasteiger charge is -2.11. The molecule has 0 saturated heterocycles. The normalized spacial score (nSPS) is 22.7. The zero-order valence-electron chi connectivity index (χ0n) is 9.90. The van der Waals surface area contributed by atoms with Crippen LogP contribution in [-0.4, -0.2) is 35.9 Å². The second-order valence-corrected chi connectivity index (χ2v) is 4.59. The quantitative estimate of drug-likeness (QED) is 0.840. The van der Waals surface area contributed by atoms with E-state index in [1.165, 1.54) is 11.3 Å². The van der Waals surface area contributed by atoms with E-state index in [0.717, 1.165) is 11.6 Å². The highest BCUT2D eigenvalue weighted by Crippen LogP contribution is 2.32. The van der Waals surface area contributed by atoms with Gasteiger partial charge in [0.25, 0.3) is 5.91 Å². The molecule has 0 spiro atoms. The van der Waals surface area contributed by atoms with Crippen LogP contribution < -0.4 is 5.32 Å². The molecule has 1 amide bonds. The van der Waals surface area contributed by atoms with Crippen LogP contribution in [0, 0.1) is 5.92 Å². The average Bonchev–Trinajstić information content (AvgIpc) is 2.93. The second kappa shape index (κ2) is 4.12. The molecule has 4 heteroatoms. The average molecular weight is 219 g/mol. The first-order valence-electron chi connectivity index (χ1n) is 5.52. The van der Waals surface area contributed by atoms with Crippen molar-refractivity contribution in [2.75, 3.05) is 19.4 Å². The van der Waals surface area contributed by atoms with Gasteiger partial charge in [-0.3, -0.25) is 9.78 Å². The van der Waals surface area contributed by atoms with Crippen LogP contribution in [0.2, 0.25) is 0 Å². The summed E-state index contributed by atoms with van der Waals surface area (Å²) in [5.74, 6) is 0.675. The fourth-order valence-corrected chi connectivity index (χ4v) is 1.60. The minimum atomic E-state index is -0.0625. The minimum Gasteiger partial charge on any atom is -0.382 e. The first-order valence-corrected chi connectivity index (χ1v) is 5.52. The Morgan fingerprint density at radius 1 is 1.56 bits per heavy atom. The van der Waals surface area contributed by atoms with Crippen molar-refractivity contribution in [3.05, 3.63) is 24.0 Å². The molecule has 0 bridgehead atoms. The predicted molar refractivity (Wildman–Crippen MR) is 63.4 cm³/mol. The number of anilines is 1. The number of rotatable bonds is 3. The van der Waals surface area contributed by atoms with E-state index in [1.807, 2.05) is 12.1 Å². The highest BCUT2D eigenvalue weighted by molar-refractivity contribution is 5.92. The molecule has 0 aromatic carbocycles. The molecule has 4 nitrogen and oxygen atoms in total. The Morgan fingerprint density at radius 2 is 2.25 bits per heavy atom. The van der Waals surface area contributed by atoms with Crippen molar-refractivity contribution < 1.29 is 4.79 Å². The van der Waals surface area contributed by atoms with Crippen LogP contribution in [-0.2, 0) is 0 Å². The molecule has 1 aromatic heterocycles. The van der Waals surface area contributed by atoms with Crippen molar-refractivity contribution in [2.45, 2.75) is 19.4 Å². The van der Waals surface area contributed by atoms with E-state index in [0.29, 0.717) is 11.7 Å². The van der Waals surface area contributed by atoms with Crippen molar-refractivity contribution >= 4 is 11.6 Å². The van der Waals surface area contributed by atoms with Gasteiger partial charge in [-0.05, 0) is 24.5 Å². The van der Waals surface area contributed by atoms with Gasteiger partial charge in [-0.1, -0.05) is 6.92 Å². The van der Waals surface area contributed by atoms with Gasteiger partial charge in [-0.25, -0.2) is 0 Å². The lowest BCUT2D eigenvalue weighted by molar-refractivity contribution is 0.0822. The van der Waals surface area contributed by atoms with Crippen molar-refractivity contribution in [3.8, 4) is 0 Å². The third kappa shape index (κ3) is 2.32. The molecule has 86 valence electrons. The summed E-state index contributed by atoms with van der Waals surface area (Å²) < 4.78 is 0. The van der Waals surface area contributed by atoms with Crippen molar-refractivity contribution in [2.24, 2.45) is 5.92 Å². The SMILES string of the molecule is CC1CC1Nc1ccnc(C(=O)N(C)C)c1. The van der Waals surface area contributed by atoms with Gasteiger partial charge in [0.15, 0.2) is 0 Å². The fraction of sp³-hybridized carbons (Fsp3) is 0.500. The number of pyridine rings is 1. The monoisotopic (exact) mass is 219 g/mol. The fourth-order valence-electron chi connectivity index (χ4n) is 1.60. The molecule has 1 fully saturated rings. The first kappa shape index (κ1) is 10.9. The van der Waals surface area contributed by atoms with E-state index in [4.69, 9.17) is 0 Å². The molecule has 1 aromatic rings. The Balaban J connectivity index is 2.10. The summed E-state index contributed by atoms with van der Waals surface area (Å²) in [6, 6.07) is 4.27. The lowest BCUT2D eigenvalue weighted by Crippen LogP contribution is -2.22. The molecule has 0 aliphatic heterocycles. The molecule has 1 saturated carbocycles. The summed E-state index contributed by atoms with van der Waals surface area (Å²) in [7, 11) is 3.46. The Morgan fingerprint density at radius 3 is 2.81 bits per heavy atom. The number of carbonyl (C=O) groups excluding carboxylic acids is 1. The number of nitrogens with one attached hydrogen (secondary N) is 1. The summed E-state index contributed by atoms with van der Waals surface area (Å²) in [6.07, 6.45) is 2.88. The van der Waals surface area contributed by atoms with E-state index in [2.05, 4.69) is 17.2 Å². The number of hydrogen-bond acceptors (Lipinski definition) is 3. The van der Waals surface area contributed by atoms with Gasteiger partial charge in [-0.15, -0.1) is 0 Å². The maximum atomic E-state index is 11.7. The van der Waals surface area contributed by atoms with Crippen LogP contribution in [0.4, 0.5) is 5.69 Å². The summed E-state index contributed by atoms with van der Waals surface area (Å²) in [5.41, 5.74) is 1.47. The Kier molecular flexibility index (Phi) is 2.81. The standard InChI is InChI=1S/C12H17N3O/c1-8-6-10(8)14-9-4-5-13-11(7-9)12(16)15(2)3/h4-5,7-8,10H,6H2,1-3H3,(H,13,14). The van der Waals surface area contributed by atoms with E-state index in [-0.39, 0.29) is 5.91 Å². The Labute approximate surface area is 95.7 Å². The number of hydrogen-bond donors (Lipinski definition) is 1. The highest BCUT2D eigenvalue weighted by Gasteiger charge is 2.32. The molecule has 1 N–H and O–H groups in total. The molecule has 16 heavy (non-hydrogen) atoms. The molecule has 2 unspecified atom stereocenters. The van der Waals surface area contributed by atoms with Gasteiger partial charge in [0.2, 0.25) is 0 Å². The molecule has 1 heterocycles. The van der Waals surface area contributed by atoms with E-state index in [9.17, 15) is 4.79 Å². The smallest absolute Gasteiger partial charge is 0.272 e. The van der Waals surface area contributed by atoms with Gasteiger partial charge >= 0.3 is 0 Å². The molecule has 1 aliphatic carbocycles. The Hall–Kier alpha value is -1.58. The summed E-state index contributed by atoms with van der Waals surface area (Å²) in [4.78, 5) is 17.3. The largest absolute Gasteiger partial charge is 0.382 e. The zero-order chi connectivity index (χ0) is 11.7. The number of aromatic nitrogens is 1. The van der Waals surface area contributed by atoms with Gasteiger partial charge in [0.05, 0.1) is 0 Å². The van der Waals surface area contributed by atoms with Crippen LogP contribution >= 0.6 is 0 Å². The Bertz CT molecular complexity index is 403. The molecular weight excluding hydrogens is 202 g/mol. The predicted octanol–water partition coefficient (Wildman–Crippen LogP) is 1.60. The van der Waals surface area contributed by atoms with Crippen LogP contribution in [0.1, 0.15) is 23.8 Å². The van der Waals surface area contributed by atoms with Crippen molar-refractivity contribution in [3.63, 3.8) is 0 Å². The van der Waals surface area contributed by atoms with Crippen LogP contribution in [0.25, 0.3) is 0 Å². The zero-order valence-corrected chi connectivity index (χ0v) is 9.90. The van der Waals surface area contributed by atoms with Gasteiger partial charge in [-0.2, -0.15) is 0 Å². The molecule has 2 atom stereocenters. The highest BCUT2D eigenvalue weighted by atomic mass is 16.2. The summed E-state index contributed by atoms with van der Waals surface area (Å²) in [6.45, 7) is 2.21. The van der Waals surface area contributed by atoms with Crippen molar-refractivity contribution in [1.29, 1.82) is 0 Å². The summed E-state index contributed by atoms with van der Waals surface area (Å²) in [5, 5.41) is 3.39.